The molecule has 100 valence electrons. The van der Waals surface area contributed by atoms with Crippen molar-refractivity contribution in [3.8, 4) is 0 Å². The SMILES string of the molecule is CCOC(C)(C)CNc1cccc(Cl)c1C(N)=S. The fraction of sp³-hybridized carbons (Fsp3) is 0.462. The number of hydrogen-bond acceptors (Lipinski definition) is 3. The maximum atomic E-state index is 6.10. The van der Waals surface area contributed by atoms with Gasteiger partial charge in [-0.15, -0.1) is 0 Å². The van der Waals surface area contributed by atoms with E-state index in [4.69, 9.17) is 34.3 Å². The highest BCUT2D eigenvalue weighted by molar-refractivity contribution is 7.80. The number of benzene rings is 1. The van der Waals surface area contributed by atoms with Gasteiger partial charge >= 0.3 is 0 Å². The predicted molar refractivity (Wildman–Crippen MR) is 81.5 cm³/mol. The highest BCUT2D eigenvalue weighted by Gasteiger charge is 2.18. The molecule has 3 N–H and O–H groups in total. The first-order valence-corrected chi connectivity index (χ1v) is 6.62. The van der Waals surface area contributed by atoms with E-state index >= 15 is 0 Å². The molecule has 0 atom stereocenters. The number of nitrogens with one attached hydrogen (secondary N) is 1. The summed E-state index contributed by atoms with van der Waals surface area (Å²) < 4.78 is 5.62. The molecule has 0 aromatic heterocycles. The van der Waals surface area contributed by atoms with Gasteiger partial charge in [0.1, 0.15) is 4.99 Å². The first-order valence-electron chi connectivity index (χ1n) is 5.83. The number of thiocarbonyl (C=S) groups is 1. The molecule has 0 fully saturated rings. The van der Waals surface area contributed by atoms with Gasteiger partial charge in [0.2, 0.25) is 0 Å². The molecule has 18 heavy (non-hydrogen) atoms. The predicted octanol–water partition coefficient (Wildman–Crippen LogP) is 3.20. The Labute approximate surface area is 119 Å². The minimum absolute atomic E-state index is 0.259. The van der Waals surface area contributed by atoms with Gasteiger partial charge in [-0.3, -0.25) is 0 Å². The molecule has 0 unspecified atom stereocenters. The summed E-state index contributed by atoms with van der Waals surface area (Å²) in [5.41, 5.74) is 6.95. The highest BCUT2D eigenvalue weighted by atomic mass is 35.5. The van der Waals surface area contributed by atoms with Crippen molar-refractivity contribution in [2.75, 3.05) is 18.5 Å². The standard InChI is InChI=1S/C13H19ClN2OS/c1-4-17-13(2,3)8-16-10-7-5-6-9(14)11(10)12(15)18/h5-7,16H,4,8H2,1-3H3,(H2,15,18). The minimum Gasteiger partial charge on any atom is -0.389 e. The van der Waals surface area contributed by atoms with Crippen LogP contribution in [0.1, 0.15) is 26.3 Å². The van der Waals surface area contributed by atoms with E-state index < -0.39 is 0 Å². The van der Waals surface area contributed by atoms with E-state index in [9.17, 15) is 0 Å². The van der Waals surface area contributed by atoms with Gasteiger partial charge in [0.15, 0.2) is 0 Å². The van der Waals surface area contributed by atoms with Gasteiger partial charge in [0, 0.05) is 18.8 Å². The van der Waals surface area contributed by atoms with Crippen LogP contribution >= 0.6 is 23.8 Å². The van der Waals surface area contributed by atoms with Gasteiger partial charge < -0.3 is 15.8 Å². The lowest BCUT2D eigenvalue weighted by atomic mass is 10.1. The van der Waals surface area contributed by atoms with Gasteiger partial charge in [0.25, 0.3) is 0 Å². The number of hydrogen-bond donors (Lipinski definition) is 2. The Morgan fingerprint density at radius 3 is 2.72 bits per heavy atom. The molecule has 0 aliphatic carbocycles. The average Bonchev–Trinajstić information content (AvgIpc) is 2.26. The molecule has 0 saturated carbocycles. The first kappa shape index (κ1) is 15.2. The van der Waals surface area contributed by atoms with Crippen molar-refractivity contribution in [1.29, 1.82) is 0 Å². The Hall–Kier alpha value is -0.840. The molecule has 0 heterocycles. The topological polar surface area (TPSA) is 47.3 Å². The van der Waals surface area contributed by atoms with Crippen LogP contribution in [0.25, 0.3) is 0 Å². The lowest BCUT2D eigenvalue weighted by Crippen LogP contribution is -2.33. The van der Waals surface area contributed by atoms with E-state index in [0.717, 1.165) is 5.69 Å². The van der Waals surface area contributed by atoms with E-state index in [1.807, 2.05) is 32.9 Å². The highest BCUT2D eigenvalue weighted by Crippen LogP contribution is 2.25. The van der Waals surface area contributed by atoms with Crippen LogP contribution in [-0.2, 0) is 4.74 Å². The number of ether oxygens (including phenoxy) is 1. The van der Waals surface area contributed by atoms with Crippen LogP contribution in [0.3, 0.4) is 0 Å². The molecule has 1 aromatic rings. The molecular formula is C13H19ClN2OS. The Morgan fingerprint density at radius 1 is 1.50 bits per heavy atom. The molecule has 0 bridgehead atoms. The molecule has 0 amide bonds. The van der Waals surface area contributed by atoms with Gasteiger partial charge in [-0.25, -0.2) is 0 Å². The lowest BCUT2D eigenvalue weighted by molar-refractivity contribution is 0.000697. The molecular weight excluding hydrogens is 268 g/mol. The molecule has 0 aliphatic heterocycles. The van der Waals surface area contributed by atoms with Gasteiger partial charge in [-0.2, -0.15) is 0 Å². The van der Waals surface area contributed by atoms with E-state index in [2.05, 4.69) is 5.32 Å². The summed E-state index contributed by atoms with van der Waals surface area (Å²) in [4.78, 5) is 0.289. The van der Waals surface area contributed by atoms with E-state index in [0.29, 0.717) is 23.7 Å². The van der Waals surface area contributed by atoms with Crippen molar-refractivity contribution < 1.29 is 4.74 Å². The molecule has 0 spiro atoms. The summed E-state index contributed by atoms with van der Waals surface area (Å²) >= 11 is 11.1. The third-order valence-corrected chi connectivity index (χ3v) is 3.02. The quantitative estimate of drug-likeness (QED) is 0.789. The number of anilines is 1. The molecule has 0 saturated heterocycles. The second-order valence-corrected chi connectivity index (χ2v) is 5.42. The van der Waals surface area contributed by atoms with Crippen molar-refractivity contribution in [1.82, 2.24) is 0 Å². The Kier molecular flexibility index (Phi) is 5.38. The Bertz CT molecular complexity index is 435. The summed E-state index contributed by atoms with van der Waals surface area (Å²) in [5.74, 6) is 0. The maximum Gasteiger partial charge on any atom is 0.107 e. The van der Waals surface area contributed by atoms with E-state index in [1.54, 1.807) is 6.07 Å². The summed E-state index contributed by atoms with van der Waals surface area (Å²) in [6.45, 7) is 7.34. The number of nitrogens with two attached hydrogens (primary N) is 1. The van der Waals surface area contributed by atoms with Crippen molar-refractivity contribution >= 4 is 34.5 Å². The maximum absolute atomic E-state index is 6.10. The summed E-state index contributed by atoms with van der Waals surface area (Å²) in [5, 5.41) is 3.84. The molecule has 1 rings (SSSR count). The van der Waals surface area contributed by atoms with Crippen molar-refractivity contribution in [2.45, 2.75) is 26.4 Å². The van der Waals surface area contributed by atoms with Crippen molar-refractivity contribution in [3.63, 3.8) is 0 Å². The summed E-state index contributed by atoms with van der Waals surface area (Å²) in [6, 6.07) is 5.54. The fourth-order valence-corrected chi connectivity index (χ4v) is 2.22. The largest absolute Gasteiger partial charge is 0.389 e. The zero-order valence-electron chi connectivity index (χ0n) is 10.9. The van der Waals surface area contributed by atoms with Crippen LogP contribution < -0.4 is 11.1 Å². The van der Waals surface area contributed by atoms with Gasteiger partial charge in [0.05, 0.1) is 16.2 Å². The molecule has 3 nitrogen and oxygen atoms in total. The molecule has 0 aliphatic rings. The zero-order chi connectivity index (χ0) is 13.8. The second-order valence-electron chi connectivity index (χ2n) is 4.57. The van der Waals surface area contributed by atoms with Crippen LogP contribution in [0, 0.1) is 0 Å². The first-order chi connectivity index (χ1) is 8.37. The fourth-order valence-electron chi connectivity index (χ4n) is 1.67. The Morgan fingerprint density at radius 2 is 2.17 bits per heavy atom. The molecule has 5 heteroatoms. The van der Waals surface area contributed by atoms with Crippen LogP contribution in [0.4, 0.5) is 5.69 Å². The summed E-state index contributed by atoms with van der Waals surface area (Å²) in [6.07, 6.45) is 0. The lowest BCUT2D eigenvalue weighted by Gasteiger charge is -2.26. The monoisotopic (exact) mass is 286 g/mol. The van der Waals surface area contributed by atoms with Crippen LogP contribution in [0.15, 0.2) is 18.2 Å². The molecule has 0 radical (unpaired) electrons. The number of rotatable bonds is 6. The molecule has 1 aromatic carbocycles. The Balaban J connectivity index is 2.85. The van der Waals surface area contributed by atoms with Crippen LogP contribution in [-0.4, -0.2) is 23.7 Å². The normalized spacial score (nSPS) is 11.3. The van der Waals surface area contributed by atoms with E-state index in [1.165, 1.54) is 0 Å². The smallest absolute Gasteiger partial charge is 0.107 e. The minimum atomic E-state index is -0.259. The van der Waals surface area contributed by atoms with Crippen LogP contribution in [0.5, 0.6) is 0 Å². The van der Waals surface area contributed by atoms with Gasteiger partial charge in [-0.1, -0.05) is 29.9 Å². The third kappa shape index (κ3) is 4.12. The van der Waals surface area contributed by atoms with E-state index in [-0.39, 0.29) is 10.6 Å². The van der Waals surface area contributed by atoms with Gasteiger partial charge in [-0.05, 0) is 32.9 Å². The number of halogens is 1. The third-order valence-electron chi connectivity index (χ3n) is 2.50. The summed E-state index contributed by atoms with van der Waals surface area (Å²) in [7, 11) is 0. The van der Waals surface area contributed by atoms with Crippen molar-refractivity contribution in [3.05, 3.63) is 28.8 Å². The second kappa shape index (κ2) is 6.36. The van der Waals surface area contributed by atoms with Crippen LogP contribution in [0.2, 0.25) is 5.02 Å². The zero-order valence-corrected chi connectivity index (χ0v) is 12.5. The average molecular weight is 287 g/mol. The van der Waals surface area contributed by atoms with Crippen molar-refractivity contribution in [2.24, 2.45) is 5.73 Å².